The fourth-order valence-electron chi connectivity index (χ4n) is 4.02. The van der Waals surface area contributed by atoms with Crippen LogP contribution in [-0.4, -0.2) is 25.5 Å². The summed E-state index contributed by atoms with van der Waals surface area (Å²) in [6.07, 6.45) is 3.46. The first-order chi connectivity index (χ1) is 15.6. The Hall–Kier alpha value is -3.86. The zero-order valence-corrected chi connectivity index (χ0v) is 18.3. The summed E-state index contributed by atoms with van der Waals surface area (Å²) < 4.78 is 5.26. The molecule has 0 unspecified atom stereocenters. The Labute approximate surface area is 188 Å². The summed E-state index contributed by atoms with van der Waals surface area (Å²) in [6, 6.07) is 22.4. The number of fused-ring (bicyclic) bond motifs is 1. The summed E-state index contributed by atoms with van der Waals surface area (Å²) in [6.45, 7) is 2.53. The molecule has 32 heavy (non-hydrogen) atoms. The van der Waals surface area contributed by atoms with Crippen molar-refractivity contribution in [2.75, 3.05) is 23.9 Å². The molecule has 0 saturated heterocycles. The molecule has 0 aliphatic carbocycles. The molecule has 0 radical (unpaired) electrons. The molecular formula is C27H26N2O3. The number of para-hydroxylation sites is 1. The second-order valence-corrected chi connectivity index (χ2v) is 7.80. The van der Waals surface area contributed by atoms with Gasteiger partial charge in [0.15, 0.2) is 0 Å². The van der Waals surface area contributed by atoms with Crippen LogP contribution < -0.4 is 10.2 Å². The lowest BCUT2D eigenvalue weighted by Gasteiger charge is -2.23. The molecule has 4 rings (SSSR count). The molecule has 162 valence electrons. The van der Waals surface area contributed by atoms with Crippen LogP contribution in [-0.2, 0) is 4.74 Å². The minimum atomic E-state index is -0.166. The molecule has 1 aliphatic rings. The van der Waals surface area contributed by atoms with E-state index in [-0.39, 0.29) is 11.8 Å². The predicted molar refractivity (Wildman–Crippen MR) is 128 cm³/mol. The Balaban J connectivity index is 1.55. The zero-order valence-electron chi connectivity index (χ0n) is 18.3. The van der Waals surface area contributed by atoms with Crippen molar-refractivity contribution in [3.8, 4) is 0 Å². The molecule has 0 saturated carbocycles. The largest absolute Gasteiger partial charge is 0.504 e. The monoisotopic (exact) mass is 426 g/mol. The first-order valence-electron chi connectivity index (χ1n) is 10.7. The number of methoxy groups -OCH3 is 1. The van der Waals surface area contributed by atoms with Crippen molar-refractivity contribution in [2.24, 2.45) is 0 Å². The summed E-state index contributed by atoms with van der Waals surface area (Å²) in [4.78, 5) is 27.8. The van der Waals surface area contributed by atoms with Gasteiger partial charge in [-0.2, -0.15) is 0 Å². The average molecular weight is 427 g/mol. The van der Waals surface area contributed by atoms with Crippen molar-refractivity contribution >= 4 is 28.8 Å². The number of carbonyl (C=O) groups is 2. The van der Waals surface area contributed by atoms with Crippen LogP contribution in [0, 0.1) is 6.92 Å². The highest BCUT2D eigenvalue weighted by Gasteiger charge is 2.24. The summed E-state index contributed by atoms with van der Waals surface area (Å²) in [5.41, 5.74) is 5.77. The van der Waals surface area contributed by atoms with Gasteiger partial charge in [-0.1, -0.05) is 36.4 Å². The third-order valence-corrected chi connectivity index (χ3v) is 5.65. The van der Waals surface area contributed by atoms with Crippen molar-refractivity contribution in [2.45, 2.75) is 19.8 Å². The number of nitrogens with one attached hydrogen (secondary N) is 1. The molecule has 5 nitrogen and oxygen atoms in total. The van der Waals surface area contributed by atoms with Gasteiger partial charge in [-0.25, -0.2) is 0 Å². The molecule has 5 heteroatoms. The lowest BCUT2D eigenvalue weighted by atomic mass is 10.0. The van der Waals surface area contributed by atoms with Crippen molar-refractivity contribution in [1.82, 2.24) is 0 Å². The van der Waals surface area contributed by atoms with Gasteiger partial charge in [-0.3, -0.25) is 9.59 Å². The third kappa shape index (κ3) is 4.42. The first-order valence-corrected chi connectivity index (χ1v) is 10.7. The van der Waals surface area contributed by atoms with Gasteiger partial charge in [0, 0.05) is 28.9 Å². The number of benzene rings is 3. The lowest BCUT2D eigenvalue weighted by Crippen LogP contribution is -2.31. The molecule has 1 heterocycles. The number of aryl methyl sites for hydroxylation is 1. The van der Waals surface area contributed by atoms with Crippen LogP contribution in [0.2, 0.25) is 0 Å². The standard InChI is InChI=1S/C27H26N2O3/c1-19-8-3-4-10-23(19)26(30)28-22-15-13-20(14-16-22)27(31)29-17-7-9-21(18-32-2)24-11-5-6-12-25(24)29/h3-6,8,10-16,18H,7,9,17H2,1-2H3,(H,28,30). The summed E-state index contributed by atoms with van der Waals surface area (Å²) >= 11 is 0. The van der Waals surface area contributed by atoms with Gasteiger partial charge in [0.05, 0.1) is 19.1 Å². The SMILES string of the molecule is COC=C1CCCN(C(=O)c2ccc(NC(=O)c3ccccc3C)cc2)c2ccccc21. The van der Waals surface area contributed by atoms with Crippen LogP contribution in [0.5, 0.6) is 0 Å². The van der Waals surface area contributed by atoms with Gasteiger partial charge in [0.1, 0.15) is 0 Å². The second-order valence-electron chi connectivity index (χ2n) is 7.80. The van der Waals surface area contributed by atoms with E-state index >= 15 is 0 Å². The molecule has 0 fully saturated rings. The molecule has 0 bridgehead atoms. The van der Waals surface area contributed by atoms with E-state index in [4.69, 9.17) is 4.74 Å². The Kier molecular flexibility index (Phi) is 6.36. The van der Waals surface area contributed by atoms with E-state index in [1.54, 1.807) is 43.7 Å². The van der Waals surface area contributed by atoms with Gasteiger partial charge in [-0.05, 0) is 67.3 Å². The van der Waals surface area contributed by atoms with Gasteiger partial charge in [0.25, 0.3) is 11.8 Å². The maximum atomic E-state index is 13.4. The summed E-state index contributed by atoms with van der Waals surface area (Å²) in [5.74, 6) is -0.228. The van der Waals surface area contributed by atoms with E-state index in [0.29, 0.717) is 23.4 Å². The number of carbonyl (C=O) groups excluding carboxylic acids is 2. The molecule has 1 N–H and O–H groups in total. The first kappa shape index (κ1) is 21.4. The van der Waals surface area contributed by atoms with Gasteiger partial charge in [-0.15, -0.1) is 0 Å². The number of nitrogens with zero attached hydrogens (tertiary/aromatic N) is 1. The highest BCUT2D eigenvalue weighted by Crippen LogP contribution is 2.34. The van der Waals surface area contributed by atoms with Crippen LogP contribution >= 0.6 is 0 Å². The van der Waals surface area contributed by atoms with E-state index in [9.17, 15) is 9.59 Å². The van der Waals surface area contributed by atoms with E-state index in [0.717, 1.165) is 35.2 Å². The number of amides is 2. The topological polar surface area (TPSA) is 58.6 Å². The molecule has 0 spiro atoms. The number of anilines is 2. The molecule has 0 atom stereocenters. The Morgan fingerprint density at radius 1 is 0.969 bits per heavy atom. The van der Waals surface area contributed by atoms with Gasteiger partial charge < -0.3 is 15.0 Å². The molecule has 1 aliphatic heterocycles. The predicted octanol–water partition coefficient (Wildman–Crippen LogP) is 5.68. The van der Waals surface area contributed by atoms with Crippen LogP contribution in [0.25, 0.3) is 5.57 Å². The normalized spacial score (nSPS) is 14.4. The Morgan fingerprint density at radius 2 is 1.69 bits per heavy atom. The molecular weight excluding hydrogens is 400 g/mol. The number of rotatable bonds is 4. The van der Waals surface area contributed by atoms with Crippen LogP contribution in [0.15, 0.2) is 79.1 Å². The van der Waals surface area contributed by atoms with Gasteiger partial charge in [0.2, 0.25) is 0 Å². The minimum absolute atomic E-state index is 0.0621. The fraction of sp³-hybridized carbons (Fsp3) is 0.185. The van der Waals surface area contributed by atoms with E-state index in [1.807, 2.05) is 54.3 Å². The maximum Gasteiger partial charge on any atom is 0.258 e. The zero-order chi connectivity index (χ0) is 22.5. The average Bonchev–Trinajstić information content (AvgIpc) is 2.99. The second kappa shape index (κ2) is 9.52. The lowest BCUT2D eigenvalue weighted by molar-refractivity contribution is 0.0985. The summed E-state index contributed by atoms with van der Waals surface area (Å²) in [7, 11) is 1.64. The quantitative estimate of drug-likeness (QED) is 0.547. The highest BCUT2D eigenvalue weighted by molar-refractivity contribution is 6.08. The third-order valence-electron chi connectivity index (χ3n) is 5.65. The molecule has 3 aromatic rings. The number of allylic oxidation sites excluding steroid dienone is 1. The summed E-state index contributed by atoms with van der Waals surface area (Å²) in [5, 5.41) is 2.91. The fourth-order valence-corrected chi connectivity index (χ4v) is 4.02. The van der Waals surface area contributed by atoms with Crippen molar-refractivity contribution < 1.29 is 14.3 Å². The molecule has 0 aromatic heterocycles. The van der Waals surface area contributed by atoms with E-state index < -0.39 is 0 Å². The molecule has 3 aromatic carbocycles. The highest BCUT2D eigenvalue weighted by atomic mass is 16.5. The Bertz CT molecular complexity index is 1170. The van der Waals surface area contributed by atoms with Crippen molar-refractivity contribution in [1.29, 1.82) is 0 Å². The number of ether oxygens (including phenoxy) is 1. The van der Waals surface area contributed by atoms with Gasteiger partial charge >= 0.3 is 0 Å². The van der Waals surface area contributed by atoms with Crippen molar-refractivity contribution in [3.05, 3.63) is 101 Å². The van der Waals surface area contributed by atoms with E-state index in [1.165, 1.54) is 0 Å². The van der Waals surface area contributed by atoms with Crippen molar-refractivity contribution in [3.63, 3.8) is 0 Å². The number of hydrogen-bond acceptors (Lipinski definition) is 3. The van der Waals surface area contributed by atoms with Crippen LogP contribution in [0.4, 0.5) is 11.4 Å². The maximum absolute atomic E-state index is 13.4. The number of hydrogen-bond donors (Lipinski definition) is 1. The van der Waals surface area contributed by atoms with Crippen LogP contribution in [0.1, 0.15) is 44.7 Å². The van der Waals surface area contributed by atoms with E-state index in [2.05, 4.69) is 5.32 Å². The minimum Gasteiger partial charge on any atom is -0.504 e. The Morgan fingerprint density at radius 3 is 2.44 bits per heavy atom. The van der Waals surface area contributed by atoms with Crippen LogP contribution in [0.3, 0.4) is 0 Å². The molecule has 2 amide bonds. The smallest absolute Gasteiger partial charge is 0.258 e.